The van der Waals surface area contributed by atoms with Crippen LogP contribution in [0.3, 0.4) is 0 Å². The number of nitrogens with zero attached hydrogens (tertiary/aromatic N) is 3. The molecule has 0 saturated carbocycles. The maximum absolute atomic E-state index is 11.8. The molecule has 0 radical (unpaired) electrons. The smallest absolute Gasteiger partial charge is 0.271 e. The zero-order valence-electron chi connectivity index (χ0n) is 11.6. The van der Waals surface area contributed by atoms with Gasteiger partial charge in [0.15, 0.2) is 5.69 Å². The number of amides is 2. The van der Waals surface area contributed by atoms with Crippen molar-refractivity contribution < 1.29 is 9.59 Å². The van der Waals surface area contributed by atoms with Crippen LogP contribution < -0.4 is 10.6 Å². The number of carbonyl (C=O) groups excluding carboxylic acids is 2. The third kappa shape index (κ3) is 3.66. The standard InChI is InChI=1S/C13H19N5O2/c1-2-14-13(20)10-5-6-11(17-16-10)15-9-12(19)18-7-3-4-8-18/h5-6H,2-4,7-9H2,1H3,(H,14,20)(H,15,17). The van der Waals surface area contributed by atoms with E-state index in [-0.39, 0.29) is 24.1 Å². The van der Waals surface area contributed by atoms with Crippen LogP contribution in [0.25, 0.3) is 0 Å². The van der Waals surface area contributed by atoms with Crippen molar-refractivity contribution in [1.82, 2.24) is 20.4 Å². The Hall–Kier alpha value is -2.18. The predicted octanol–water partition coefficient (Wildman–Crippen LogP) is 0.261. The number of rotatable bonds is 5. The van der Waals surface area contributed by atoms with Gasteiger partial charge < -0.3 is 15.5 Å². The van der Waals surface area contributed by atoms with E-state index < -0.39 is 0 Å². The Morgan fingerprint density at radius 1 is 1.25 bits per heavy atom. The van der Waals surface area contributed by atoms with Crippen molar-refractivity contribution in [2.75, 3.05) is 31.5 Å². The lowest BCUT2D eigenvalue weighted by Crippen LogP contribution is -2.33. The highest BCUT2D eigenvalue weighted by Gasteiger charge is 2.17. The largest absolute Gasteiger partial charge is 0.360 e. The Kier molecular flexibility index (Phi) is 4.86. The molecule has 1 aromatic rings. The summed E-state index contributed by atoms with van der Waals surface area (Å²) in [6.07, 6.45) is 2.15. The van der Waals surface area contributed by atoms with Crippen LogP contribution in [0, 0.1) is 0 Å². The van der Waals surface area contributed by atoms with Crippen molar-refractivity contribution in [3.05, 3.63) is 17.8 Å². The number of likely N-dealkylation sites (tertiary alicyclic amines) is 1. The quantitative estimate of drug-likeness (QED) is 0.806. The summed E-state index contributed by atoms with van der Waals surface area (Å²) in [6.45, 7) is 4.26. The van der Waals surface area contributed by atoms with Gasteiger partial charge in [-0.15, -0.1) is 10.2 Å². The molecule has 0 spiro atoms. The summed E-state index contributed by atoms with van der Waals surface area (Å²) in [5.74, 6) is 0.308. The monoisotopic (exact) mass is 277 g/mol. The van der Waals surface area contributed by atoms with E-state index in [0.717, 1.165) is 25.9 Å². The van der Waals surface area contributed by atoms with Crippen molar-refractivity contribution in [3.8, 4) is 0 Å². The third-order valence-corrected chi connectivity index (χ3v) is 3.11. The highest BCUT2D eigenvalue weighted by Crippen LogP contribution is 2.08. The molecule has 108 valence electrons. The van der Waals surface area contributed by atoms with Crippen LogP contribution in [0.4, 0.5) is 5.82 Å². The molecule has 0 atom stereocenters. The van der Waals surface area contributed by atoms with Gasteiger partial charge in [0.05, 0.1) is 6.54 Å². The van der Waals surface area contributed by atoms with Gasteiger partial charge in [-0.3, -0.25) is 9.59 Å². The summed E-state index contributed by atoms with van der Waals surface area (Å²) in [4.78, 5) is 25.2. The van der Waals surface area contributed by atoms with Gasteiger partial charge >= 0.3 is 0 Å². The fourth-order valence-electron chi connectivity index (χ4n) is 2.04. The lowest BCUT2D eigenvalue weighted by Gasteiger charge is -2.15. The van der Waals surface area contributed by atoms with Gasteiger partial charge in [-0.25, -0.2) is 0 Å². The van der Waals surface area contributed by atoms with E-state index in [1.54, 1.807) is 12.1 Å². The van der Waals surface area contributed by atoms with Crippen molar-refractivity contribution in [2.45, 2.75) is 19.8 Å². The first-order valence-corrected chi connectivity index (χ1v) is 6.84. The maximum atomic E-state index is 11.8. The van der Waals surface area contributed by atoms with Crippen molar-refractivity contribution in [2.24, 2.45) is 0 Å². The Balaban J connectivity index is 1.84. The van der Waals surface area contributed by atoms with E-state index in [0.29, 0.717) is 12.4 Å². The van der Waals surface area contributed by atoms with Gasteiger partial charge in [0.25, 0.3) is 5.91 Å². The van der Waals surface area contributed by atoms with Gasteiger partial charge in [-0.1, -0.05) is 0 Å². The van der Waals surface area contributed by atoms with Gasteiger partial charge in [-0.05, 0) is 31.9 Å². The fraction of sp³-hybridized carbons (Fsp3) is 0.538. The third-order valence-electron chi connectivity index (χ3n) is 3.11. The average molecular weight is 277 g/mol. The van der Waals surface area contributed by atoms with E-state index in [9.17, 15) is 9.59 Å². The molecule has 20 heavy (non-hydrogen) atoms. The molecule has 0 aliphatic carbocycles. The van der Waals surface area contributed by atoms with Gasteiger partial charge in [0.2, 0.25) is 5.91 Å². The molecule has 2 heterocycles. The molecule has 1 aliphatic heterocycles. The minimum absolute atomic E-state index is 0.0668. The number of nitrogens with one attached hydrogen (secondary N) is 2. The first kappa shape index (κ1) is 14.2. The van der Waals surface area contributed by atoms with Crippen LogP contribution in [0.2, 0.25) is 0 Å². The first-order chi connectivity index (χ1) is 9.70. The number of carbonyl (C=O) groups is 2. The first-order valence-electron chi connectivity index (χ1n) is 6.84. The molecule has 1 aliphatic rings. The van der Waals surface area contributed by atoms with Crippen LogP contribution in [-0.2, 0) is 4.79 Å². The summed E-state index contributed by atoms with van der Waals surface area (Å²) < 4.78 is 0. The van der Waals surface area contributed by atoms with Gasteiger partial charge in [0.1, 0.15) is 5.82 Å². The average Bonchev–Trinajstić information content (AvgIpc) is 3.00. The van der Waals surface area contributed by atoms with Crippen LogP contribution >= 0.6 is 0 Å². The normalized spacial score (nSPS) is 14.2. The van der Waals surface area contributed by atoms with Crippen LogP contribution in [-0.4, -0.2) is 53.1 Å². The van der Waals surface area contributed by atoms with Crippen molar-refractivity contribution >= 4 is 17.6 Å². The minimum atomic E-state index is -0.250. The summed E-state index contributed by atoms with van der Waals surface area (Å²) >= 11 is 0. The Morgan fingerprint density at radius 2 is 2.00 bits per heavy atom. The zero-order valence-corrected chi connectivity index (χ0v) is 11.6. The summed E-state index contributed by atoms with van der Waals surface area (Å²) in [7, 11) is 0. The van der Waals surface area contributed by atoms with Crippen LogP contribution in [0.15, 0.2) is 12.1 Å². The van der Waals surface area contributed by atoms with E-state index in [1.807, 2.05) is 11.8 Å². The molecule has 2 N–H and O–H groups in total. The minimum Gasteiger partial charge on any atom is -0.360 e. The lowest BCUT2D eigenvalue weighted by atomic mass is 10.3. The van der Waals surface area contributed by atoms with Gasteiger partial charge in [0, 0.05) is 19.6 Å². The van der Waals surface area contributed by atoms with E-state index >= 15 is 0 Å². The molecule has 0 unspecified atom stereocenters. The molecule has 7 heteroatoms. The maximum Gasteiger partial charge on any atom is 0.271 e. The SMILES string of the molecule is CCNC(=O)c1ccc(NCC(=O)N2CCCC2)nn1. The fourth-order valence-corrected chi connectivity index (χ4v) is 2.04. The Morgan fingerprint density at radius 3 is 2.60 bits per heavy atom. The van der Waals surface area contributed by atoms with E-state index in [1.165, 1.54) is 0 Å². The molecule has 1 fully saturated rings. The second-order valence-electron chi connectivity index (χ2n) is 4.60. The molecule has 0 bridgehead atoms. The Labute approximate surface area is 117 Å². The summed E-state index contributed by atoms with van der Waals surface area (Å²) in [5, 5.41) is 13.3. The summed E-state index contributed by atoms with van der Waals surface area (Å²) in [6, 6.07) is 3.23. The molecule has 7 nitrogen and oxygen atoms in total. The molecule has 0 aromatic carbocycles. The number of anilines is 1. The topological polar surface area (TPSA) is 87.2 Å². The molecular weight excluding hydrogens is 258 g/mol. The molecule has 2 rings (SSSR count). The molecule has 1 aromatic heterocycles. The molecule has 1 saturated heterocycles. The highest BCUT2D eigenvalue weighted by molar-refractivity contribution is 5.92. The zero-order chi connectivity index (χ0) is 14.4. The summed E-state index contributed by atoms with van der Waals surface area (Å²) in [5.41, 5.74) is 0.267. The van der Waals surface area contributed by atoms with Crippen molar-refractivity contribution in [1.29, 1.82) is 0 Å². The number of aromatic nitrogens is 2. The number of hydrogen-bond acceptors (Lipinski definition) is 5. The second kappa shape index (κ2) is 6.83. The number of hydrogen-bond donors (Lipinski definition) is 2. The molecular formula is C13H19N5O2. The Bertz CT molecular complexity index is 468. The highest BCUT2D eigenvalue weighted by atomic mass is 16.2. The second-order valence-corrected chi connectivity index (χ2v) is 4.60. The van der Waals surface area contributed by atoms with Gasteiger partial charge in [-0.2, -0.15) is 0 Å². The van der Waals surface area contributed by atoms with E-state index in [2.05, 4.69) is 20.8 Å². The molecule has 2 amide bonds. The van der Waals surface area contributed by atoms with Crippen LogP contribution in [0.1, 0.15) is 30.3 Å². The van der Waals surface area contributed by atoms with Crippen molar-refractivity contribution in [3.63, 3.8) is 0 Å². The predicted molar refractivity (Wildman–Crippen MR) is 74.3 cm³/mol. The van der Waals surface area contributed by atoms with E-state index in [4.69, 9.17) is 0 Å². The lowest BCUT2D eigenvalue weighted by molar-refractivity contribution is -0.128. The van der Waals surface area contributed by atoms with Crippen LogP contribution in [0.5, 0.6) is 0 Å².